The molecule has 1 heteroatoms. The largest absolute Gasteiger partial charge is 0.248 e. The van der Waals surface area contributed by atoms with Crippen LogP contribution >= 0.6 is 0 Å². The number of unbranched alkanes of at least 4 members (excludes halogenated alkanes) is 1. The first kappa shape index (κ1) is 14.9. The summed E-state index contributed by atoms with van der Waals surface area (Å²) in [4.78, 5) is 4.89. The van der Waals surface area contributed by atoms with E-state index in [2.05, 4.69) is 79.7 Å². The summed E-state index contributed by atoms with van der Waals surface area (Å²) < 4.78 is 0. The molecule has 0 unspecified atom stereocenters. The highest BCUT2D eigenvalue weighted by Gasteiger charge is 2.11. The minimum Gasteiger partial charge on any atom is -0.248 e. The predicted octanol–water partition coefficient (Wildman–Crippen LogP) is 6.40. The van der Waals surface area contributed by atoms with Crippen LogP contribution in [0.15, 0.2) is 72.8 Å². The lowest BCUT2D eigenvalue weighted by molar-refractivity contribution is 0.797. The third-order valence-corrected chi connectivity index (χ3v) is 4.65. The van der Waals surface area contributed by atoms with Crippen molar-refractivity contribution in [2.45, 2.75) is 26.2 Å². The van der Waals surface area contributed by atoms with Crippen LogP contribution in [0.4, 0.5) is 0 Å². The summed E-state index contributed by atoms with van der Waals surface area (Å²) in [6.45, 7) is 2.25. The van der Waals surface area contributed by atoms with Crippen LogP contribution < -0.4 is 0 Å². The highest BCUT2D eigenvalue weighted by atomic mass is 14.7. The maximum atomic E-state index is 4.89. The minimum atomic E-state index is 1.06. The van der Waals surface area contributed by atoms with E-state index in [-0.39, 0.29) is 0 Å². The molecule has 24 heavy (non-hydrogen) atoms. The molecule has 0 saturated heterocycles. The summed E-state index contributed by atoms with van der Waals surface area (Å²) in [5.41, 5.74) is 6.19. The number of aryl methyl sites for hydroxylation is 1. The fourth-order valence-electron chi connectivity index (χ4n) is 3.42. The number of hydrogen-bond donors (Lipinski definition) is 0. The van der Waals surface area contributed by atoms with Crippen molar-refractivity contribution in [2.75, 3.05) is 0 Å². The third kappa shape index (κ3) is 2.67. The second kappa shape index (κ2) is 6.45. The van der Waals surface area contributed by atoms with Gasteiger partial charge in [-0.15, -0.1) is 0 Å². The average Bonchev–Trinajstić information content (AvgIpc) is 2.65. The van der Waals surface area contributed by atoms with E-state index >= 15 is 0 Å². The van der Waals surface area contributed by atoms with Gasteiger partial charge in [-0.05, 0) is 47.7 Å². The number of hydrogen-bond acceptors (Lipinski definition) is 1. The van der Waals surface area contributed by atoms with Crippen molar-refractivity contribution in [3.8, 4) is 11.1 Å². The molecule has 0 radical (unpaired) electrons. The molecule has 3 aromatic carbocycles. The molecule has 0 amide bonds. The second-order valence-corrected chi connectivity index (χ2v) is 6.32. The third-order valence-electron chi connectivity index (χ3n) is 4.65. The van der Waals surface area contributed by atoms with Gasteiger partial charge in [-0.3, -0.25) is 0 Å². The molecule has 1 heterocycles. The molecule has 4 rings (SSSR count). The van der Waals surface area contributed by atoms with E-state index in [1.54, 1.807) is 0 Å². The van der Waals surface area contributed by atoms with Gasteiger partial charge in [-0.2, -0.15) is 0 Å². The molecule has 0 aliphatic carbocycles. The van der Waals surface area contributed by atoms with Gasteiger partial charge < -0.3 is 0 Å². The molecule has 0 aliphatic rings. The summed E-state index contributed by atoms with van der Waals surface area (Å²) in [5.74, 6) is 0. The molecule has 0 atom stereocenters. The fourth-order valence-corrected chi connectivity index (χ4v) is 3.42. The van der Waals surface area contributed by atoms with E-state index in [9.17, 15) is 0 Å². The maximum absolute atomic E-state index is 4.89. The highest BCUT2D eigenvalue weighted by Crippen LogP contribution is 2.34. The van der Waals surface area contributed by atoms with Gasteiger partial charge >= 0.3 is 0 Å². The summed E-state index contributed by atoms with van der Waals surface area (Å²) in [6, 6.07) is 25.8. The number of rotatable bonds is 4. The van der Waals surface area contributed by atoms with Gasteiger partial charge in [0.1, 0.15) is 0 Å². The standard InChI is InChI=1S/C23H21N/c1-2-3-9-18-14-15-22-20(23(18)17-10-5-4-6-11-17)16-19-12-7-8-13-21(19)24-22/h4-8,10-16H,2-3,9H2,1H3. The van der Waals surface area contributed by atoms with Crippen LogP contribution in [0.25, 0.3) is 32.9 Å². The molecule has 4 aromatic rings. The smallest absolute Gasteiger partial charge is 0.0716 e. The molecule has 0 aliphatic heterocycles. The molecule has 0 fully saturated rings. The Hall–Kier alpha value is -2.67. The molecule has 1 nitrogen and oxygen atoms in total. The van der Waals surface area contributed by atoms with E-state index in [1.165, 1.54) is 40.3 Å². The summed E-state index contributed by atoms with van der Waals surface area (Å²) >= 11 is 0. The Balaban J connectivity index is 2.03. The van der Waals surface area contributed by atoms with Crippen LogP contribution in [0.5, 0.6) is 0 Å². The van der Waals surface area contributed by atoms with Crippen molar-refractivity contribution in [3.63, 3.8) is 0 Å². The van der Waals surface area contributed by atoms with Crippen LogP contribution in [0.1, 0.15) is 25.3 Å². The van der Waals surface area contributed by atoms with E-state index < -0.39 is 0 Å². The molecule has 1 aromatic heterocycles. The van der Waals surface area contributed by atoms with Gasteiger partial charge in [0.2, 0.25) is 0 Å². The van der Waals surface area contributed by atoms with Crippen molar-refractivity contribution in [2.24, 2.45) is 0 Å². The van der Waals surface area contributed by atoms with Gasteiger partial charge in [-0.25, -0.2) is 4.98 Å². The monoisotopic (exact) mass is 311 g/mol. The lowest BCUT2D eigenvalue weighted by atomic mass is 9.92. The molecular weight excluding hydrogens is 290 g/mol. The Morgan fingerprint density at radius 3 is 2.42 bits per heavy atom. The van der Waals surface area contributed by atoms with E-state index in [0.29, 0.717) is 0 Å². The topological polar surface area (TPSA) is 12.9 Å². The molecule has 0 bridgehead atoms. The van der Waals surface area contributed by atoms with Gasteiger partial charge in [0.05, 0.1) is 11.0 Å². The Morgan fingerprint density at radius 1 is 0.792 bits per heavy atom. The molecule has 0 N–H and O–H groups in total. The van der Waals surface area contributed by atoms with Crippen molar-refractivity contribution in [1.82, 2.24) is 4.98 Å². The number of fused-ring (bicyclic) bond motifs is 2. The van der Waals surface area contributed by atoms with Crippen LogP contribution in [0, 0.1) is 0 Å². The number of para-hydroxylation sites is 1. The first-order valence-corrected chi connectivity index (χ1v) is 8.73. The maximum Gasteiger partial charge on any atom is 0.0716 e. The zero-order valence-corrected chi connectivity index (χ0v) is 14.0. The van der Waals surface area contributed by atoms with Gasteiger partial charge in [0.15, 0.2) is 0 Å². The van der Waals surface area contributed by atoms with E-state index in [4.69, 9.17) is 4.98 Å². The number of benzene rings is 3. The average molecular weight is 311 g/mol. The van der Waals surface area contributed by atoms with Gasteiger partial charge in [-0.1, -0.05) is 67.9 Å². The van der Waals surface area contributed by atoms with Crippen LogP contribution in [-0.4, -0.2) is 4.98 Å². The molecular formula is C23H21N. The Kier molecular flexibility index (Phi) is 4.00. The summed E-state index contributed by atoms with van der Waals surface area (Å²) in [6.07, 6.45) is 3.54. The van der Waals surface area contributed by atoms with Crippen molar-refractivity contribution < 1.29 is 0 Å². The Morgan fingerprint density at radius 2 is 1.58 bits per heavy atom. The van der Waals surface area contributed by atoms with Crippen LogP contribution in [0.3, 0.4) is 0 Å². The number of pyridine rings is 1. The van der Waals surface area contributed by atoms with Gasteiger partial charge in [0.25, 0.3) is 0 Å². The molecule has 0 saturated carbocycles. The zero-order chi connectivity index (χ0) is 16.4. The fraction of sp³-hybridized carbons (Fsp3) is 0.174. The highest BCUT2D eigenvalue weighted by molar-refractivity contribution is 6.02. The number of nitrogens with zero attached hydrogens (tertiary/aromatic N) is 1. The van der Waals surface area contributed by atoms with Crippen molar-refractivity contribution in [1.29, 1.82) is 0 Å². The molecule has 118 valence electrons. The van der Waals surface area contributed by atoms with Crippen molar-refractivity contribution >= 4 is 21.8 Å². The Labute approximate surface area is 143 Å². The van der Waals surface area contributed by atoms with Gasteiger partial charge in [0, 0.05) is 10.8 Å². The predicted molar refractivity (Wildman–Crippen MR) is 103 cm³/mol. The van der Waals surface area contributed by atoms with Crippen LogP contribution in [0.2, 0.25) is 0 Å². The second-order valence-electron chi connectivity index (χ2n) is 6.32. The molecule has 0 spiro atoms. The van der Waals surface area contributed by atoms with Crippen molar-refractivity contribution in [3.05, 3.63) is 78.4 Å². The van der Waals surface area contributed by atoms with E-state index in [1.807, 2.05) is 0 Å². The first-order valence-electron chi connectivity index (χ1n) is 8.73. The first-order chi connectivity index (χ1) is 11.9. The number of aromatic nitrogens is 1. The zero-order valence-electron chi connectivity index (χ0n) is 14.0. The Bertz CT molecular complexity index is 987. The summed E-state index contributed by atoms with van der Waals surface area (Å²) in [5, 5.41) is 2.46. The lowest BCUT2D eigenvalue weighted by Gasteiger charge is -2.14. The SMILES string of the molecule is CCCCc1ccc2nc3ccccc3cc2c1-c1ccccc1. The van der Waals surface area contributed by atoms with E-state index in [0.717, 1.165) is 17.5 Å². The van der Waals surface area contributed by atoms with Crippen LogP contribution in [-0.2, 0) is 6.42 Å². The quantitative estimate of drug-likeness (QED) is 0.397. The minimum absolute atomic E-state index is 1.06. The normalized spacial score (nSPS) is 11.2. The summed E-state index contributed by atoms with van der Waals surface area (Å²) in [7, 11) is 0. The lowest BCUT2D eigenvalue weighted by Crippen LogP contribution is -1.94.